The van der Waals surface area contributed by atoms with Gasteiger partial charge in [0.2, 0.25) is 0 Å². The molecule has 5 heteroatoms. The number of rotatable bonds is 6. The minimum Gasteiger partial charge on any atom is -0.493 e. The molecule has 1 N–H and O–H groups in total. The molecular formula is C21H23NO4. The fraction of sp³-hybridized carbons (Fsp3) is 0.333. The molecule has 136 valence electrons. The third kappa shape index (κ3) is 4.63. The third-order valence-corrected chi connectivity index (χ3v) is 4.66. The first-order valence-corrected chi connectivity index (χ1v) is 8.92. The van der Waals surface area contributed by atoms with E-state index in [-0.39, 0.29) is 12.5 Å². The van der Waals surface area contributed by atoms with Crippen molar-refractivity contribution in [3.05, 3.63) is 65.7 Å². The van der Waals surface area contributed by atoms with Crippen molar-refractivity contribution in [2.75, 3.05) is 19.7 Å². The van der Waals surface area contributed by atoms with Gasteiger partial charge in [0.1, 0.15) is 5.75 Å². The molecule has 1 saturated heterocycles. The van der Waals surface area contributed by atoms with Crippen LogP contribution in [0.15, 0.2) is 54.6 Å². The number of likely N-dealkylation sites (tertiary alicyclic amines) is 1. The number of carboxylic acid groups (broad SMARTS) is 1. The molecule has 0 aliphatic carbocycles. The molecule has 0 aromatic heterocycles. The van der Waals surface area contributed by atoms with Gasteiger partial charge < -0.3 is 14.7 Å². The number of carbonyl (C=O) groups is 2. The summed E-state index contributed by atoms with van der Waals surface area (Å²) >= 11 is 0. The van der Waals surface area contributed by atoms with E-state index in [1.807, 2.05) is 18.2 Å². The molecule has 1 heterocycles. The Bertz CT molecular complexity index is 742. The second kappa shape index (κ2) is 8.52. The van der Waals surface area contributed by atoms with Crippen LogP contribution in [-0.4, -0.2) is 41.6 Å². The molecule has 1 atom stereocenters. The highest BCUT2D eigenvalue weighted by Crippen LogP contribution is 2.20. The molecule has 2 aromatic carbocycles. The van der Waals surface area contributed by atoms with Crippen LogP contribution in [0.2, 0.25) is 0 Å². The Labute approximate surface area is 153 Å². The van der Waals surface area contributed by atoms with Gasteiger partial charge in [-0.2, -0.15) is 0 Å². The molecule has 5 nitrogen and oxygen atoms in total. The Morgan fingerprint density at radius 3 is 2.50 bits per heavy atom. The Balaban J connectivity index is 1.53. The van der Waals surface area contributed by atoms with Crippen molar-refractivity contribution < 1.29 is 19.4 Å². The van der Waals surface area contributed by atoms with Gasteiger partial charge in [0.15, 0.2) is 0 Å². The summed E-state index contributed by atoms with van der Waals surface area (Å²) in [7, 11) is 0. The number of hydrogen-bond donors (Lipinski definition) is 1. The monoisotopic (exact) mass is 353 g/mol. The zero-order chi connectivity index (χ0) is 18.4. The van der Waals surface area contributed by atoms with Crippen molar-refractivity contribution in [3.63, 3.8) is 0 Å². The summed E-state index contributed by atoms with van der Waals surface area (Å²) in [5, 5.41) is 9.16. The van der Waals surface area contributed by atoms with E-state index in [0.717, 1.165) is 18.6 Å². The number of piperidine rings is 1. The molecule has 0 radical (unpaired) electrons. The number of benzene rings is 2. The molecule has 3 rings (SSSR count). The lowest BCUT2D eigenvalue weighted by Gasteiger charge is -2.30. The van der Waals surface area contributed by atoms with E-state index in [1.54, 1.807) is 29.2 Å². The first-order chi connectivity index (χ1) is 12.6. The van der Waals surface area contributed by atoms with Crippen molar-refractivity contribution in [2.45, 2.75) is 19.3 Å². The topological polar surface area (TPSA) is 66.8 Å². The predicted octanol–water partition coefficient (Wildman–Crippen LogP) is 3.24. The van der Waals surface area contributed by atoms with Gasteiger partial charge in [0.25, 0.3) is 5.91 Å². The third-order valence-electron chi connectivity index (χ3n) is 4.66. The van der Waals surface area contributed by atoms with Crippen LogP contribution >= 0.6 is 0 Å². The lowest BCUT2D eigenvalue weighted by Crippen LogP contribution is -2.42. The lowest BCUT2D eigenvalue weighted by molar-refractivity contribution is -0.143. The standard InChI is InChI=1S/C21H23NO4/c23-20(22-13-4-7-18(15-22)21(24)25)17-8-10-19(11-9-17)26-14-12-16-5-2-1-3-6-16/h1-3,5-6,8-11,18H,4,7,12-15H2,(H,24,25). The average molecular weight is 353 g/mol. The summed E-state index contributed by atoms with van der Waals surface area (Å²) in [6.07, 6.45) is 2.18. The second-order valence-electron chi connectivity index (χ2n) is 6.54. The Kier molecular flexibility index (Phi) is 5.89. The van der Waals surface area contributed by atoms with Crippen LogP contribution in [0.1, 0.15) is 28.8 Å². The first kappa shape index (κ1) is 18.0. The normalized spacial score (nSPS) is 16.9. The molecule has 0 spiro atoms. The van der Waals surface area contributed by atoms with E-state index < -0.39 is 11.9 Å². The minimum absolute atomic E-state index is 0.119. The fourth-order valence-electron chi connectivity index (χ4n) is 3.17. The largest absolute Gasteiger partial charge is 0.493 e. The van der Waals surface area contributed by atoms with E-state index in [1.165, 1.54) is 5.56 Å². The van der Waals surface area contributed by atoms with Gasteiger partial charge in [0.05, 0.1) is 12.5 Å². The zero-order valence-corrected chi connectivity index (χ0v) is 14.6. The summed E-state index contributed by atoms with van der Waals surface area (Å²) in [4.78, 5) is 25.4. The van der Waals surface area contributed by atoms with Crippen molar-refractivity contribution in [1.82, 2.24) is 4.90 Å². The summed E-state index contributed by atoms with van der Waals surface area (Å²) in [5.74, 6) is -0.690. The van der Waals surface area contributed by atoms with Crippen molar-refractivity contribution >= 4 is 11.9 Å². The Morgan fingerprint density at radius 2 is 1.81 bits per heavy atom. The van der Waals surface area contributed by atoms with E-state index in [9.17, 15) is 9.59 Å². The highest BCUT2D eigenvalue weighted by atomic mass is 16.5. The van der Waals surface area contributed by atoms with Crippen LogP contribution in [0.3, 0.4) is 0 Å². The van der Waals surface area contributed by atoms with Crippen LogP contribution in [0.5, 0.6) is 5.75 Å². The van der Waals surface area contributed by atoms with E-state index in [0.29, 0.717) is 25.1 Å². The predicted molar refractivity (Wildman–Crippen MR) is 98.3 cm³/mol. The SMILES string of the molecule is O=C(O)C1CCCN(C(=O)c2ccc(OCCc3ccccc3)cc2)C1. The second-order valence-corrected chi connectivity index (χ2v) is 6.54. The average Bonchev–Trinajstić information content (AvgIpc) is 2.69. The maximum absolute atomic E-state index is 12.6. The number of carbonyl (C=O) groups excluding carboxylic acids is 1. The Hall–Kier alpha value is -2.82. The highest BCUT2D eigenvalue weighted by molar-refractivity contribution is 5.94. The van der Waals surface area contributed by atoms with Gasteiger partial charge in [-0.3, -0.25) is 9.59 Å². The summed E-state index contributed by atoms with van der Waals surface area (Å²) in [5.41, 5.74) is 1.78. The lowest BCUT2D eigenvalue weighted by atomic mass is 9.97. The maximum Gasteiger partial charge on any atom is 0.308 e. The molecule has 2 aromatic rings. The number of aliphatic carboxylic acids is 1. The summed E-state index contributed by atoms with van der Waals surface area (Å²) in [6.45, 7) is 1.46. The van der Waals surface area contributed by atoms with Crippen LogP contribution in [0.4, 0.5) is 0 Å². The van der Waals surface area contributed by atoms with Gasteiger partial charge >= 0.3 is 5.97 Å². The molecule has 0 bridgehead atoms. The number of ether oxygens (including phenoxy) is 1. The van der Waals surface area contributed by atoms with Crippen LogP contribution in [0, 0.1) is 5.92 Å². The molecule has 1 amide bonds. The van der Waals surface area contributed by atoms with Crippen molar-refractivity contribution in [3.8, 4) is 5.75 Å². The van der Waals surface area contributed by atoms with Gasteiger partial charge in [-0.25, -0.2) is 0 Å². The Morgan fingerprint density at radius 1 is 1.08 bits per heavy atom. The minimum atomic E-state index is -0.829. The van der Waals surface area contributed by atoms with Crippen LogP contribution < -0.4 is 4.74 Å². The van der Waals surface area contributed by atoms with Gasteiger partial charge in [0, 0.05) is 25.1 Å². The number of carboxylic acids is 1. The summed E-state index contributed by atoms with van der Waals surface area (Å²) < 4.78 is 5.74. The number of nitrogens with zero attached hydrogens (tertiary/aromatic N) is 1. The van der Waals surface area contributed by atoms with E-state index in [2.05, 4.69) is 12.1 Å². The molecule has 1 aliphatic rings. The zero-order valence-electron chi connectivity index (χ0n) is 14.6. The van der Waals surface area contributed by atoms with Gasteiger partial charge in [-0.1, -0.05) is 30.3 Å². The molecule has 26 heavy (non-hydrogen) atoms. The van der Waals surface area contributed by atoms with Crippen LogP contribution in [-0.2, 0) is 11.2 Å². The van der Waals surface area contributed by atoms with E-state index in [4.69, 9.17) is 9.84 Å². The van der Waals surface area contributed by atoms with Gasteiger partial charge in [-0.15, -0.1) is 0 Å². The quantitative estimate of drug-likeness (QED) is 0.866. The van der Waals surface area contributed by atoms with E-state index >= 15 is 0 Å². The smallest absolute Gasteiger partial charge is 0.308 e. The van der Waals surface area contributed by atoms with Crippen LogP contribution in [0.25, 0.3) is 0 Å². The maximum atomic E-state index is 12.6. The molecule has 0 saturated carbocycles. The summed E-state index contributed by atoms with van der Waals surface area (Å²) in [6, 6.07) is 17.2. The first-order valence-electron chi connectivity index (χ1n) is 8.92. The molecule has 1 fully saturated rings. The molecular weight excluding hydrogens is 330 g/mol. The number of amides is 1. The van der Waals surface area contributed by atoms with Crippen molar-refractivity contribution in [2.24, 2.45) is 5.92 Å². The fourth-order valence-corrected chi connectivity index (χ4v) is 3.17. The van der Waals surface area contributed by atoms with Gasteiger partial charge in [-0.05, 0) is 42.7 Å². The molecule has 1 unspecified atom stereocenters. The highest BCUT2D eigenvalue weighted by Gasteiger charge is 2.28. The molecule has 1 aliphatic heterocycles. The van der Waals surface area contributed by atoms with Crippen molar-refractivity contribution in [1.29, 1.82) is 0 Å². The number of hydrogen-bond acceptors (Lipinski definition) is 3.